The summed E-state index contributed by atoms with van der Waals surface area (Å²) in [4.78, 5) is 12.2. The fourth-order valence-electron chi connectivity index (χ4n) is 2.43. The number of aliphatic hydroxyl groups is 1. The highest BCUT2D eigenvalue weighted by molar-refractivity contribution is 5.85. The largest absolute Gasteiger partial charge is 0.396 e. The lowest BCUT2D eigenvalue weighted by atomic mass is 9.85. The van der Waals surface area contributed by atoms with Crippen molar-refractivity contribution in [3.05, 3.63) is 35.4 Å². The molecule has 2 unspecified atom stereocenters. The normalized spacial score (nSPS) is 22.3. The van der Waals surface area contributed by atoms with Gasteiger partial charge in [-0.25, -0.2) is 0 Å². The van der Waals surface area contributed by atoms with Crippen molar-refractivity contribution in [2.45, 2.75) is 31.8 Å². The number of rotatable bonds is 4. The summed E-state index contributed by atoms with van der Waals surface area (Å²) in [6, 6.07) is 8.20. The highest BCUT2D eigenvalue weighted by atomic mass is 16.3. The van der Waals surface area contributed by atoms with Gasteiger partial charge in [-0.1, -0.05) is 24.3 Å². The summed E-state index contributed by atoms with van der Waals surface area (Å²) < 4.78 is 0. The number of hydrogen-bond acceptors (Lipinski definition) is 3. The number of fused-ring (bicyclic) bond motifs is 1. The van der Waals surface area contributed by atoms with E-state index in [1.165, 1.54) is 5.56 Å². The third-order valence-electron chi connectivity index (χ3n) is 3.42. The molecule has 1 heterocycles. The number of aliphatic hydroxyl groups excluding tert-OH is 1. The van der Waals surface area contributed by atoms with Crippen LogP contribution in [-0.4, -0.2) is 30.2 Å². The molecular formula is C14H20N2O2. The van der Waals surface area contributed by atoms with Gasteiger partial charge < -0.3 is 15.7 Å². The molecule has 0 aliphatic carbocycles. The smallest absolute Gasteiger partial charge is 0.229 e. The predicted octanol–water partition coefficient (Wildman–Crippen LogP) is 0.761. The third-order valence-corrected chi connectivity index (χ3v) is 3.42. The van der Waals surface area contributed by atoms with Crippen LogP contribution in [0.4, 0.5) is 0 Å². The van der Waals surface area contributed by atoms with Gasteiger partial charge in [0.15, 0.2) is 0 Å². The molecule has 1 aliphatic heterocycles. The Hall–Kier alpha value is -1.39. The van der Waals surface area contributed by atoms with Gasteiger partial charge in [0, 0.05) is 25.7 Å². The summed E-state index contributed by atoms with van der Waals surface area (Å²) in [7, 11) is 0. The van der Waals surface area contributed by atoms with Crippen LogP contribution in [0.15, 0.2) is 24.3 Å². The Labute approximate surface area is 107 Å². The van der Waals surface area contributed by atoms with Gasteiger partial charge in [-0.05, 0) is 24.5 Å². The maximum absolute atomic E-state index is 12.2. The molecule has 4 nitrogen and oxygen atoms in total. The van der Waals surface area contributed by atoms with E-state index in [1.807, 2.05) is 25.1 Å². The Kier molecular flexibility index (Phi) is 4.33. The van der Waals surface area contributed by atoms with Gasteiger partial charge in [-0.3, -0.25) is 4.79 Å². The van der Waals surface area contributed by atoms with Crippen LogP contribution in [0, 0.1) is 0 Å². The fraction of sp³-hybridized carbons (Fsp3) is 0.500. The maximum Gasteiger partial charge on any atom is 0.229 e. The Balaban J connectivity index is 2.13. The fourth-order valence-corrected chi connectivity index (χ4v) is 2.43. The van der Waals surface area contributed by atoms with E-state index in [0.717, 1.165) is 12.1 Å². The number of amides is 1. The monoisotopic (exact) mass is 248 g/mol. The van der Waals surface area contributed by atoms with Crippen LogP contribution in [0.2, 0.25) is 0 Å². The van der Waals surface area contributed by atoms with Crippen LogP contribution in [0.25, 0.3) is 0 Å². The van der Waals surface area contributed by atoms with E-state index in [1.54, 1.807) is 0 Å². The molecule has 1 aliphatic rings. The van der Waals surface area contributed by atoms with E-state index in [9.17, 15) is 4.79 Å². The van der Waals surface area contributed by atoms with Crippen molar-refractivity contribution in [1.82, 2.24) is 10.6 Å². The first-order valence-corrected chi connectivity index (χ1v) is 6.44. The van der Waals surface area contributed by atoms with Crippen molar-refractivity contribution in [3.8, 4) is 0 Å². The molecule has 0 aromatic heterocycles. The van der Waals surface area contributed by atoms with Crippen molar-refractivity contribution in [2.75, 3.05) is 13.2 Å². The number of hydrogen-bond donors (Lipinski definition) is 3. The molecule has 1 amide bonds. The van der Waals surface area contributed by atoms with Gasteiger partial charge in [0.1, 0.15) is 0 Å². The molecule has 18 heavy (non-hydrogen) atoms. The molecular weight excluding hydrogens is 228 g/mol. The Morgan fingerprint density at radius 1 is 1.50 bits per heavy atom. The molecule has 3 N–H and O–H groups in total. The standard InChI is InChI=1S/C14H20N2O2/c1-10-13(14(18)15-7-4-8-17)12-6-3-2-5-11(12)9-16-10/h2-3,5-6,10,13,16-17H,4,7-9H2,1H3,(H,15,18). The summed E-state index contributed by atoms with van der Waals surface area (Å²) in [5, 5.41) is 15.0. The summed E-state index contributed by atoms with van der Waals surface area (Å²) in [5.41, 5.74) is 2.31. The van der Waals surface area contributed by atoms with Gasteiger partial charge in [-0.15, -0.1) is 0 Å². The number of benzene rings is 1. The lowest BCUT2D eigenvalue weighted by Crippen LogP contribution is -2.45. The molecule has 0 fully saturated rings. The Bertz CT molecular complexity index is 420. The van der Waals surface area contributed by atoms with Gasteiger partial charge in [-0.2, -0.15) is 0 Å². The topological polar surface area (TPSA) is 61.4 Å². The third kappa shape index (κ3) is 2.71. The zero-order valence-corrected chi connectivity index (χ0v) is 10.6. The van der Waals surface area contributed by atoms with Gasteiger partial charge in [0.2, 0.25) is 5.91 Å². The molecule has 2 rings (SSSR count). The minimum atomic E-state index is -0.145. The lowest BCUT2D eigenvalue weighted by Gasteiger charge is -2.31. The van der Waals surface area contributed by atoms with Crippen LogP contribution in [0.5, 0.6) is 0 Å². The second-order valence-corrected chi connectivity index (χ2v) is 4.71. The van der Waals surface area contributed by atoms with Crippen LogP contribution in [0.1, 0.15) is 30.4 Å². The SMILES string of the molecule is CC1NCc2ccccc2C1C(=O)NCCCO. The van der Waals surface area contributed by atoms with Gasteiger partial charge in [0.05, 0.1) is 5.92 Å². The van der Waals surface area contributed by atoms with Crippen LogP contribution >= 0.6 is 0 Å². The first-order valence-electron chi connectivity index (χ1n) is 6.44. The summed E-state index contributed by atoms with van der Waals surface area (Å²) in [5.74, 6) is -0.107. The number of nitrogens with one attached hydrogen (secondary N) is 2. The van der Waals surface area contributed by atoms with Crippen LogP contribution in [0.3, 0.4) is 0 Å². The quantitative estimate of drug-likeness (QED) is 0.689. The molecule has 0 radical (unpaired) electrons. The van der Waals surface area contributed by atoms with E-state index in [0.29, 0.717) is 13.0 Å². The van der Waals surface area contributed by atoms with Crippen molar-refractivity contribution < 1.29 is 9.90 Å². The van der Waals surface area contributed by atoms with E-state index < -0.39 is 0 Å². The molecule has 0 saturated heterocycles. The second kappa shape index (κ2) is 5.98. The molecule has 4 heteroatoms. The molecule has 0 saturated carbocycles. The van der Waals surface area contributed by atoms with Crippen molar-refractivity contribution in [3.63, 3.8) is 0 Å². The van der Waals surface area contributed by atoms with Crippen molar-refractivity contribution >= 4 is 5.91 Å². The van der Waals surface area contributed by atoms with E-state index in [2.05, 4.69) is 16.7 Å². The molecule has 2 atom stereocenters. The van der Waals surface area contributed by atoms with Crippen LogP contribution in [-0.2, 0) is 11.3 Å². The van der Waals surface area contributed by atoms with Crippen LogP contribution < -0.4 is 10.6 Å². The molecule has 98 valence electrons. The van der Waals surface area contributed by atoms with Crippen molar-refractivity contribution in [1.29, 1.82) is 0 Å². The Morgan fingerprint density at radius 3 is 3.06 bits per heavy atom. The van der Waals surface area contributed by atoms with Crippen molar-refractivity contribution in [2.24, 2.45) is 0 Å². The molecule has 1 aromatic rings. The second-order valence-electron chi connectivity index (χ2n) is 4.71. The minimum absolute atomic E-state index is 0.0376. The molecule has 1 aromatic carbocycles. The summed E-state index contributed by atoms with van der Waals surface area (Å²) >= 11 is 0. The highest BCUT2D eigenvalue weighted by Gasteiger charge is 2.31. The zero-order chi connectivity index (χ0) is 13.0. The first kappa shape index (κ1) is 13.1. The van der Waals surface area contributed by atoms with E-state index in [-0.39, 0.29) is 24.5 Å². The maximum atomic E-state index is 12.2. The zero-order valence-electron chi connectivity index (χ0n) is 10.6. The number of carbonyl (C=O) groups is 1. The van der Waals surface area contributed by atoms with E-state index in [4.69, 9.17) is 5.11 Å². The Morgan fingerprint density at radius 2 is 2.28 bits per heavy atom. The minimum Gasteiger partial charge on any atom is -0.396 e. The first-order chi connectivity index (χ1) is 8.74. The van der Waals surface area contributed by atoms with Gasteiger partial charge >= 0.3 is 0 Å². The van der Waals surface area contributed by atoms with E-state index >= 15 is 0 Å². The summed E-state index contributed by atoms with van der Waals surface area (Å²) in [6.07, 6.45) is 0.599. The molecule has 0 spiro atoms. The average Bonchev–Trinajstić information content (AvgIpc) is 2.38. The average molecular weight is 248 g/mol. The number of carbonyl (C=O) groups excluding carboxylic acids is 1. The molecule has 0 bridgehead atoms. The lowest BCUT2D eigenvalue weighted by molar-refractivity contribution is -0.123. The predicted molar refractivity (Wildman–Crippen MR) is 70.2 cm³/mol. The highest BCUT2D eigenvalue weighted by Crippen LogP contribution is 2.28. The summed E-state index contributed by atoms with van der Waals surface area (Å²) in [6.45, 7) is 3.49. The van der Waals surface area contributed by atoms with Gasteiger partial charge in [0.25, 0.3) is 0 Å².